The number of nitrogens with one attached hydrogen (secondary N) is 1. The molecule has 1 aliphatic rings. The van der Waals surface area contributed by atoms with Gasteiger partial charge in [0.25, 0.3) is 0 Å². The summed E-state index contributed by atoms with van der Waals surface area (Å²) < 4.78 is 37.0. The minimum absolute atomic E-state index is 0.156. The van der Waals surface area contributed by atoms with E-state index in [1.165, 1.54) is 9.80 Å². The van der Waals surface area contributed by atoms with Crippen LogP contribution in [0.15, 0.2) is 12.7 Å². The molecule has 1 heterocycles. The molecule has 2 amide bonds. The lowest BCUT2D eigenvalue weighted by Crippen LogP contribution is -2.58. The second kappa shape index (κ2) is 6.27. The molecule has 0 unspecified atom stereocenters. The summed E-state index contributed by atoms with van der Waals surface area (Å²) in [5, 5.41) is 2.71. The van der Waals surface area contributed by atoms with Crippen molar-refractivity contribution >= 4 is 6.03 Å². The van der Waals surface area contributed by atoms with Crippen LogP contribution in [-0.4, -0.2) is 60.3 Å². The quantitative estimate of drug-likeness (QED) is 0.800. The van der Waals surface area contributed by atoms with Crippen LogP contribution in [0, 0.1) is 0 Å². The van der Waals surface area contributed by atoms with Crippen molar-refractivity contribution in [2.24, 2.45) is 0 Å². The van der Waals surface area contributed by atoms with Crippen LogP contribution in [-0.2, 0) is 0 Å². The van der Waals surface area contributed by atoms with Crippen LogP contribution < -0.4 is 5.32 Å². The monoisotopic (exact) mass is 279 g/mol. The van der Waals surface area contributed by atoms with E-state index in [1.54, 1.807) is 19.9 Å². The minimum Gasteiger partial charge on any atom is -0.332 e. The van der Waals surface area contributed by atoms with Crippen LogP contribution >= 0.6 is 0 Å². The van der Waals surface area contributed by atoms with Gasteiger partial charge in [-0.15, -0.1) is 6.58 Å². The van der Waals surface area contributed by atoms with Crippen molar-refractivity contribution < 1.29 is 18.0 Å². The number of alkyl halides is 3. The summed E-state index contributed by atoms with van der Waals surface area (Å²) in [6, 6.07) is -0.720. The number of carbonyl (C=O) groups is 1. The number of nitrogens with zero attached hydrogens (tertiary/aromatic N) is 2. The maximum atomic E-state index is 12.3. The Bertz CT molecular complexity index is 333. The molecule has 0 bridgehead atoms. The fourth-order valence-corrected chi connectivity index (χ4v) is 1.99. The van der Waals surface area contributed by atoms with Crippen LogP contribution in [0.4, 0.5) is 18.0 Å². The first-order valence-corrected chi connectivity index (χ1v) is 6.21. The first-order valence-electron chi connectivity index (χ1n) is 6.21. The van der Waals surface area contributed by atoms with Gasteiger partial charge < -0.3 is 10.2 Å². The lowest BCUT2D eigenvalue weighted by atomic mass is 10.2. The standard InChI is InChI=1S/C12H20F3N3O/c1-4-9(2)16-11(19)17-5-6-18(10(3)7-17)8-12(13,14)15/h4,9-10H,1,5-8H2,2-3H3,(H,16,19)/t9-,10+/m0/s1. The average molecular weight is 279 g/mol. The Morgan fingerprint density at radius 2 is 2.16 bits per heavy atom. The molecular formula is C12H20F3N3O. The van der Waals surface area contributed by atoms with E-state index in [0.717, 1.165) is 0 Å². The predicted molar refractivity (Wildman–Crippen MR) is 66.9 cm³/mol. The number of hydrogen-bond donors (Lipinski definition) is 1. The Kier molecular flexibility index (Phi) is 5.22. The average Bonchev–Trinajstić information content (AvgIpc) is 2.29. The van der Waals surface area contributed by atoms with Gasteiger partial charge in [0, 0.05) is 31.7 Å². The van der Waals surface area contributed by atoms with E-state index < -0.39 is 12.7 Å². The second-order valence-electron chi connectivity index (χ2n) is 4.85. The Morgan fingerprint density at radius 3 is 2.63 bits per heavy atom. The van der Waals surface area contributed by atoms with Gasteiger partial charge in [-0.1, -0.05) is 6.08 Å². The highest BCUT2D eigenvalue weighted by molar-refractivity contribution is 5.74. The molecule has 0 aromatic heterocycles. The number of hydrogen-bond acceptors (Lipinski definition) is 2. The van der Waals surface area contributed by atoms with E-state index in [9.17, 15) is 18.0 Å². The number of piperazine rings is 1. The molecule has 1 rings (SSSR count). The Morgan fingerprint density at radius 1 is 1.53 bits per heavy atom. The van der Waals surface area contributed by atoms with E-state index in [4.69, 9.17) is 0 Å². The van der Waals surface area contributed by atoms with E-state index in [-0.39, 0.29) is 24.7 Å². The molecule has 110 valence electrons. The van der Waals surface area contributed by atoms with Gasteiger partial charge in [0.2, 0.25) is 0 Å². The van der Waals surface area contributed by atoms with Gasteiger partial charge in [0.15, 0.2) is 0 Å². The van der Waals surface area contributed by atoms with Crippen molar-refractivity contribution in [3.05, 3.63) is 12.7 Å². The summed E-state index contributed by atoms with van der Waals surface area (Å²) in [7, 11) is 0. The number of halogens is 3. The van der Waals surface area contributed by atoms with E-state index in [0.29, 0.717) is 13.1 Å². The van der Waals surface area contributed by atoms with Gasteiger partial charge in [-0.2, -0.15) is 13.2 Å². The summed E-state index contributed by atoms with van der Waals surface area (Å²) in [5.74, 6) is 0. The third-order valence-corrected chi connectivity index (χ3v) is 3.14. The van der Waals surface area contributed by atoms with E-state index in [1.807, 2.05) is 0 Å². The topological polar surface area (TPSA) is 35.6 Å². The van der Waals surface area contributed by atoms with E-state index in [2.05, 4.69) is 11.9 Å². The van der Waals surface area contributed by atoms with Crippen LogP contribution in [0.5, 0.6) is 0 Å². The Labute approximate surface area is 111 Å². The van der Waals surface area contributed by atoms with Crippen LogP contribution in [0.1, 0.15) is 13.8 Å². The maximum absolute atomic E-state index is 12.3. The van der Waals surface area contributed by atoms with Crippen molar-refractivity contribution in [1.29, 1.82) is 0 Å². The molecular weight excluding hydrogens is 259 g/mol. The summed E-state index contributed by atoms with van der Waals surface area (Å²) in [4.78, 5) is 14.7. The van der Waals surface area contributed by atoms with Gasteiger partial charge in [0.1, 0.15) is 0 Å². The largest absolute Gasteiger partial charge is 0.401 e. The molecule has 7 heteroatoms. The highest BCUT2D eigenvalue weighted by Crippen LogP contribution is 2.20. The molecule has 0 spiro atoms. The van der Waals surface area contributed by atoms with Gasteiger partial charge in [0.05, 0.1) is 6.54 Å². The smallest absolute Gasteiger partial charge is 0.332 e. The Balaban J connectivity index is 2.49. The predicted octanol–water partition coefficient (Wildman–Crippen LogP) is 1.84. The van der Waals surface area contributed by atoms with Gasteiger partial charge in [-0.3, -0.25) is 4.90 Å². The first kappa shape index (κ1) is 15.8. The number of amides is 2. The summed E-state index contributed by atoms with van der Waals surface area (Å²) in [6.45, 7) is 6.95. The zero-order valence-electron chi connectivity index (χ0n) is 11.2. The highest BCUT2D eigenvalue weighted by atomic mass is 19.4. The number of rotatable bonds is 3. The molecule has 1 N–H and O–H groups in total. The third-order valence-electron chi connectivity index (χ3n) is 3.14. The fraction of sp³-hybridized carbons (Fsp3) is 0.750. The highest BCUT2D eigenvalue weighted by Gasteiger charge is 2.35. The maximum Gasteiger partial charge on any atom is 0.401 e. The molecule has 2 atom stereocenters. The fourth-order valence-electron chi connectivity index (χ4n) is 1.99. The molecule has 0 saturated carbocycles. The van der Waals surface area contributed by atoms with Crippen molar-refractivity contribution in [2.45, 2.75) is 32.1 Å². The molecule has 4 nitrogen and oxygen atoms in total. The SMILES string of the molecule is C=C[C@H](C)NC(=O)N1CCN(CC(F)(F)F)[C@H](C)C1. The molecule has 1 aliphatic heterocycles. The molecule has 0 aromatic carbocycles. The molecule has 0 aromatic rings. The zero-order valence-corrected chi connectivity index (χ0v) is 11.2. The molecule has 19 heavy (non-hydrogen) atoms. The molecule has 0 radical (unpaired) electrons. The van der Waals surface area contributed by atoms with Gasteiger partial charge >= 0.3 is 12.2 Å². The zero-order chi connectivity index (χ0) is 14.6. The van der Waals surface area contributed by atoms with Crippen LogP contribution in [0.3, 0.4) is 0 Å². The number of urea groups is 1. The van der Waals surface area contributed by atoms with Crippen molar-refractivity contribution in [3.63, 3.8) is 0 Å². The van der Waals surface area contributed by atoms with Crippen molar-refractivity contribution in [1.82, 2.24) is 15.1 Å². The summed E-state index contributed by atoms with van der Waals surface area (Å²) >= 11 is 0. The summed E-state index contributed by atoms with van der Waals surface area (Å²) in [6.07, 6.45) is -2.60. The minimum atomic E-state index is -4.20. The van der Waals surface area contributed by atoms with Crippen molar-refractivity contribution in [2.75, 3.05) is 26.2 Å². The van der Waals surface area contributed by atoms with Gasteiger partial charge in [-0.05, 0) is 13.8 Å². The lowest BCUT2D eigenvalue weighted by Gasteiger charge is -2.40. The normalized spacial score (nSPS) is 23.0. The van der Waals surface area contributed by atoms with E-state index >= 15 is 0 Å². The molecule has 1 saturated heterocycles. The lowest BCUT2D eigenvalue weighted by molar-refractivity contribution is -0.153. The molecule has 0 aliphatic carbocycles. The van der Waals surface area contributed by atoms with Crippen molar-refractivity contribution in [3.8, 4) is 0 Å². The van der Waals surface area contributed by atoms with Gasteiger partial charge in [-0.25, -0.2) is 4.79 Å². The van der Waals surface area contributed by atoms with Crippen LogP contribution in [0.25, 0.3) is 0 Å². The second-order valence-corrected chi connectivity index (χ2v) is 4.85. The third kappa shape index (κ3) is 5.10. The number of carbonyl (C=O) groups excluding carboxylic acids is 1. The summed E-state index contributed by atoms with van der Waals surface area (Å²) in [5.41, 5.74) is 0. The first-order chi connectivity index (χ1) is 8.73. The molecule has 1 fully saturated rings. The Hall–Kier alpha value is -1.24. The van der Waals surface area contributed by atoms with Crippen LogP contribution in [0.2, 0.25) is 0 Å².